The molecule has 0 spiro atoms. The molecule has 142 valence electrons. The van der Waals surface area contributed by atoms with E-state index in [0.717, 1.165) is 17.1 Å². The van der Waals surface area contributed by atoms with E-state index in [-0.39, 0.29) is 12.2 Å². The number of amides is 3. The fourth-order valence-corrected chi connectivity index (χ4v) is 3.12. The first-order chi connectivity index (χ1) is 13.5. The Balaban J connectivity index is 1.52. The van der Waals surface area contributed by atoms with Crippen LogP contribution in [0.5, 0.6) is 0 Å². The van der Waals surface area contributed by atoms with Gasteiger partial charge in [0.2, 0.25) is 5.91 Å². The van der Waals surface area contributed by atoms with Crippen molar-refractivity contribution in [3.05, 3.63) is 60.2 Å². The van der Waals surface area contributed by atoms with Gasteiger partial charge in [-0.2, -0.15) is 5.11 Å². The van der Waals surface area contributed by atoms with Gasteiger partial charge in [0.15, 0.2) is 12.1 Å². The van der Waals surface area contributed by atoms with Crippen molar-refractivity contribution in [2.45, 2.75) is 12.1 Å². The minimum absolute atomic E-state index is 0.321. The topological polar surface area (TPSA) is 94.4 Å². The molecule has 2 aliphatic heterocycles. The van der Waals surface area contributed by atoms with E-state index in [9.17, 15) is 23.2 Å². The highest BCUT2D eigenvalue weighted by atomic mass is 19.1. The standard InChI is InChI=1S/C18H13F2N5O3/c19-10-6-7-13(12(20)8-10)25-17(27)15-16(18(25)28)24(23-22-15)9-14(26)21-11-4-2-1-3-5-11/h1-8,15-16H,9H2,(H,21,26)/t15-,16-/m1/s1. The highest BCUT2D eigenvalue weighted by Crippen LogP contribution is 2.33. The molecule has 2 aromatic carbocycles. The Bertz CT molecular complexity index is 998. The number of halogens is 2. The smallest absolute Gasteiger partial charge is 0.263 e. The van der Waals surface area contributed by atoms with E-state index < -0.39 is 41.4 Å². The monoisotopic (exact) mass is 385 g/mol. The summed E-state index contributed by atoms with van der Waals surface area (Å²) in [5.41, 5.74) is 0.193. The SMILES string of the molecule is O=C(CN1N=N[C@H]2C(=O)N(c3ccc(F)cc3F)C(=O)[C@@H]21)Nc1ccccc1. The number of benzene rings is 2. The van der Waals surface area contributed by atoms with Gasteiger partial charge in [-0.3, -0.25) is 19.4 Å². The zero-order valence-electron chi connectivity index (χ0n) is 14.3. The lowest BCUT2D eigenvalue weighted by molar-refractivity contribution is -0.123. The van der Waals surface area contributed by atoms with Gasteiger partial charge < -0.3 is 5.32 Å². The van der Waals surface area contributed by atoms with Crippen LogP contribution in [0.15, 0.2) is 58.9 Å². The van der Waals surface area contributed by atoms with Crippen LogP contribution in [-0.4, -0.2) is 41.4 Å². The molecule has 3 amide bonds. The van der Waals surface area contributed by atoms with Crippen LogP contribution < -0.4 is 10.2 Å². The van der Waals surface area contributed by atoms with Crippen LogP contribution in [0.3, 0.4) is 0 Å². The fourth-order valence-electron chi connectivity index (χ4n) is 3.12. The van der Waals surface area contributed by atoms with Gasteiger partial charge >= 0.3 is 0 Å². The molecule has 28 heavy (non-hydrogen) atoms. The van der Waals surface area contributed by atoms with Gasteiger partial charge in [-0.25, -0.2) is 13.7 Å². The van der Waals surface area contributed by atoms with Crippen molar-refractivity contribution in [3.8, 4) is 0 Å². The molecular formula is C18H13F2N5O3. The molecule has 4 rings (SSSR count). The molecule has 1 N–H and O–H groups in total. The quantitative estimate of drug-likeness (QED) is 0.814. The van der Waals surface area contributed by atoms with Crippen LogP contribution >= 0.6 is 0 Å². The molecular weight excluding hydrogens is 372 g/mol. The van der Waals surface area contributed by atoms with E-state index in [1.54, 1.807) is 30.3 Å². The number of hydrogen-bond donors (Lipinski definition) is 1. The average molecular weight is 385 g/mol. The number of fused-ring (bicyclic) bond motifs is 1. The number of carbonyl (C=O) groups excluding carboxylic acids is 3. The first kappa shape index (κ1) is 17.7. The molecule has 2 atom stereocenters. The van der Waals surface area contributed by atoms with Crippen LogP contribution in [0.1, 0.15) is 0 Å². The largest absolute Gasteiger partial charge is 0.324 e. The summed E-state index contributed by atoms with van der Waals surface area (Å²) < 4.78 is 27.2. The molecule has 0 unspecified atom stereocenters. The second kappa shape index (κ2) is 6.80. The summed E-state index contributed by atoms with van der Waals surface area (Å²) in [6.45, 7) is -0.321. The molecule has 2 aliphatic rings. The maximum absolute atomic E-state index is 14.1. The highest BCUT2D eigenvalue weighted by molar-refractivity contribution is 6.25. The number of nitrogens with zero attached hydrogens (tertiary/aromatic N) is 4. The second-order valence-electron chi connectivity index (χ2n) is 6.21. The third-order valence-electron chi connectivity index (χ3n) is 4.37. The van der Waals surface area contributed by atoms with Gasteiger partial charge in [0.25, 0.3) is 11.8 Å². The molecule has 0 saturated carbocycles. The fraction of sp³-hybridized carbons (Fsp3) is 0.167. The molecule has 1 fully saturated rings. The van der Waals surface area contributed by atoms with E-state index in [2.05, 4.69) is 15.7 Å². The Morgan fingerprint density at radius 1 is 1.07 bits per heavy atom. The Hall–Kier alpha value is -3.69. The average Bonchev–Trinajstić information content (AvgIpc) is 3.17. The first-order valence-electron chi connectivity index (χ1n) is 8.31. The third kappa shape index (κ3) is 2.98. The van der Waals surface area contributed by atoms with E-state index in [1.165, 1.54) is 0 Å². The van der Waals surface area contributed by atoms with Crippen molar-refractivity contribution in [2.75, 3.05) is 16.8 Å². The lowest BCUT2D eigenvalue weighted by Gasteiger charge is -2.20. The molecule has 0 aromatic heterocycles. The molecule has 1 saturated heterocycles. The first-order valence-corrected chi connectivity index (χ1v) is 8.31. The number of hydrogen-bond acceptors (Lipinski definition) is 6. The van der Waals surface area contributed by atoms with Crippen LogP contribution in [0.4, 0.5) is 20.2 Å². The minimum atomic E-state index is -1.18. The van der Waals surface area contributed by atoms with Gasteiger partial charge in [0.05, 0.1) is 5.69 Å². The maximum atomic E-state index is 14.1. The molecule has 8 nitrogen and oxygen atoms in total. The summed E-state index contributed by atoms with van der Waals surface area (Å²) in [6, 6.07) is 8.86. The van der Waals surface area contributed by atoms with Crippen molar-refractivity contribution in [1.29, 1.82) is 0 Å². The Morgan fingerprint density at radius 3 is 2.54 bits per heavy atom. The number of nitrogens with one attached hydrogen (secondary N) is 1. The Kier molecular flexibility index (Phi) is 4.30. The molecule has 10 heteroatoms. The summed E-state index contributed by atoms with van der Waals surface area (Å²) >= 11 is 0. The van der Waals surface area contributed by atoms with E-state index >= 15 is 0 Å². The summed E-state index contributed by atoms with van der Waals surface area (Å²) in [7, 11) is 0. The van der Waals surface area contributed by atoms with Gasteiger partial charge in [-0.05, 0) is 24.3 Å². The molecule has 0 aliphatic carbocycles. The number of imide groups is 1. The van der Waals surface area contributed by atoms with Gasteiger partial charge in [0, 0.05) is 11.8 Å². The predicted molar refractivity (Wildman–Crippen MR) is 93.1 cm³/mol. The molecule has 2 heterocycles. The van der Waals surface area contributed by atoms with Crippen molar-refractivity contribution < 1.29 is 23.2 Å². The van der Waals surface area contributed by atoms with Crippen molar-refractivity contribution in [2.24, 2.45) is 10.3 Å². The number of carbonyl (C=O) groups is 3. The van der Waals surface area contributed by atoms with Crippen molar-refractivity contribution in [1.82, 2.24) is 5.01 Å². The van der Waals surface area contributed by atoms with Crippen LogP contribution in [0.25, 0.3) is 0 Å². The third-order valence-corrected chi connectivity index (χ3v) is 4.37. The Labute approximate surface area is 157 Å². The number of para-hydroxylation sites is 1. The van der Waals surface area contributed by atoms with Crippen molar-refractivity contribution >= 4 is 29.1 Å². The van der Waals surface area contributed by atoms with E-state index in [0.29, 0.717) is 16.7 Å². The summed E-state index contributed by atoms with van der Waals surface area (Å²) in [6.07, 6.45) is 0. The molecule has 0 radical (unpaired) electrons. The van der Waals surface area contributed by atoms with Crippen LogP contribution in [0, 0.1) is 11.6 Å². The molecule has 0 bridgehead atoms. The maximum Gasteiger partial charge on any atom is 0.263 e. The molecule has 2 aromatic rings. The predicted octanol–water partition coefficient (Wildman–Crippen LogP) is 1.90. The van der Waals surface area contributed by atoms with E-state index in [4.69, 9.17) is 0 Å². The van der Waals surface area contributed by atoms with Gasteiger partial charge in [-0.1, -0.05) is 23.4 Å². The summed E-state index contributed by atoms with van der Waals surface area (Å²) in [5.74, 6) is -3.91. The summed E-state index contributed by atoms with van der Waals surface area (Å²) in [4.78, 5) is 38.1. The number of anilines is 2. The zero-order chi connectivity index (χ0) is 19.8. The zero-order valence-corrected chi connectivity index (χ0v) is 14.3. The normalized spacial score (nSPS) is 20.6. The minimum Gasteiger partial charge on any atom is -0.324 e. The van der Waals surface area contributed by atoms with Crippen LogP contribution in [-0.2, 0) is 14.4 Å². The van der Waals surface area contributed by atoms with E-state index in [1.807, 2.05) is 0 Å². The van der Waals surface area contributed by atoms with Crippen LogP contribution in [0.2, 0.25) is 0 Å². The van der Waals surface area contributed by atoms with Gasteiger partial charge in [0.1, 0.15) is 18.2 Å². The lowest BCUT2D eigenvalue weighted by atomic mass is 10.1. The van der Waals surface area contributed by atoms with Gasteiger partial charge in [-0.15, -0.1) is 0 Å². The Morgan fingerprint density at radius 2 is 1.82 bits per heavy atom. The lowest BCUT2D eigenvalue weighted by Crippen LogP contribution is -2.43. The number of rotatable bonds is 4. The second-order valence-corrected chi connectivity index (χ2v) is 6.21. The summed E-state index contributed by atoms with van der Waals surface area (Å²) in [5, 5.41) is 11.2. The highest BCUT2D eigenvalue weighted by Gasteiger charge is 2.55. The van der Waals surface area contributed by atoms with Crippen molar-refractivity contribution in [3.63, 3.8) is 0 Å².